The van der Waals surface area contributed by atoms with Crippen LogP contribution in [0.25, 0.3) is 10.2 Å². The molecule has 0 spiro atoms. The van der Waals surface area contributed by atoms with Gasteiger partial charge < -0.3 is 9.47 Å². The first-order valence-electron chi connectivity index (χ1n) is 12.3. The van der Waals surface area contributed by atoms with Crippen molar-refractivity contribution in [3.8, 4) is 5.75 Å². The Bertz CT molecular complexity index is 1340. The molecule has 10 heteroatoms. The highest BCUT2D eigenvalue weighted by Gasteiger charge is 2.37. The maximum atomic E-state index is 14.0. The first-order chi connectivity index (χ1) is 17.4. The molecule has 192 valence electrons. The normalized spacial score (nSPS) is 21.1. The third kappa shape index (κ3) is 4.87. The van der Waals surface area contributed by atoms with Crippen LogP contribution in [-0.2, 0) is 19.6 Å². The molecule has 2 aliphatic rings. The number of piperidine rings is 1. The summed E-state index contributed by atoms with van der Waals surface area (Å²) in [5, 5.41) is 0.598. The highest BCUT2D eigenvalue weighted by Crippen LogP contribution is 2.38. The minimum atomic E-state index is -3.67. The highest BCUT2D eigenvalue weighted by atomic mass is 32.2. The predicted molar refractivity (Wildman–Crippen MR) is 140 cm³/mol. The number of hydrogen-bond acceptors (Lipinski definition) is 7. The van der Waals surface area contributed by atoms with Gasteiger partial charge in [0.1, 0.15) is 11.3 Å². The number of aryl methyl sites for hydroxylation is 1. The molecule has 2 saturated heterocycles. The molecule has 36 heavy (non-hydrogen) atoms. The number of hydrogen-bond donors (Lipinski definition) is 0. The van der Waals surface area contributed by atoms with Crippen LogP contribution in [0.5, 0.6) is 5.75 Å². The summed E-state index contributed by atoms with van der Waals surface area (Å²) in [6.07, 6.45) is 3.05. The van der Waals surface area contributed by atoms with E-state index < -0.39 is 15.9 Å². The molecule has 2 fully saturated rings. The van der Waals surface area contributed by atoms with Gasteiger partial charge >= 0.3 is 0 Å². The molecule has 1 amide bonds. The van der Waals surface area contributed by atoms with E-state index >= 15 is 0 Å². The summed E-state index contributed by atoms with van der Waals surface area (Å²) < 4.78 is 40.3. The van der Waals surface area contributed by atoms with Gasteiger partial charge in [-0.3, -0.25) is 9.69 Å². The molecule has 3 heterocycles. The van der Waals surface area contributed by atoms with Gasteiger partial charge in [0.2, 0.25) is 15.9 Å². The monoisotopic (exact) mass is 529 g/mol. The van der Waals surface area contributed by atoms with E-state index in [1.54, 1.807) is 42.3 Å². The Morgan fingerprint density at radius 2 is 2.00 bits per heavy atom. The minimum absolute atomic E-state index is 0.0586. The fraction of sp³-hybridized carbons (Fsp3) is 0.462. The molecule has 2 atom stereocenters. The lowest BCUT2D eigenvalue weighted by molar-refractivity contribution is -0.123. The zero-order valence-electron chi connectivity index (χ0n) is 20.6. The van der Waals surface area contributed by atoms with Gasteiger partial charge in [0, 0.05) is 19.7 Å². The molecular weight excluding hydrogens is 498 g/mol. The van der Waals surface area contributed by atoms with E-state index in [-0.39, 0.29) is 23.5 Å². The van der Waals surface area contributed by atoms with Crippen molar-refractivity contribution in [1.82, 2.24) is 9.29 Å². The number of aromatic nitrogens is 1. The van der Waals surface area contributed by atoms with Gasteiger partial charge in [-0.2, -0.15) is 4.31 Å². The summed E-state index contributed by atoms with van der Waals surface area (Å²) in [5.74, 6) is 0.114. The Morgan fingerprint density at radius 3 is 2.72 bits per heavy atom. The van der Waals surface area contributed by atoms with Crippen LogP contribution in [0.3, 0.4) is 0 Å². The Morgan fingerprint density at radius 1 is 1.19 bits per heavy atom. The number of ether oxygens (including phenoxy) is 2. The molecule has 2 unspecified atom stereocenters. The third-order valence-corrected chi connectivity index (χ3v) is 10.0. The van der Waals surface area contributed by atoms with Crippen molar-refractivity contribution in [2.45, 2.75) is 43.6 Å². The van der Waals surface area contributed by atoms with Crippen molar-refractivity contribution >= 4 is 42.6 Å². The molecule has 0 saturated carbocycles. The Labute approximate surface area is 215 Å². The van der Waals surface area contributed by atoms with Gasteiger partial charge in [0.15, 0.2) is 5.13 Å². The zero-order valence-corrected chi connectivity index (χ0v) is 22.2. The SMILES string of the molecule is COc1ccc(C)c2sc(N(CC3CCCO3)C(=O)C3CCCN(S(=O)(=O)c4ccccc4)C3)nc12. The largest absolute Gasteiger partial charge is 0.494 e. The van der Waals surface area contributed by atoms with E-state index in [0.29, 0.717) is 43.4 Å². The molecular formula is C26H31N3O5S2. The number of anilines is 1. The number of fused-ring (bicyclic) bond motifs is 1. The fourth-order valence-corrected chi connectivity index (χ4v) is 7.57. The average Bonchev–Trinajstić information content (AvgIpc) is 3.58. The molecule has 1 aromatic heterocycles. The summed E-state index contributed by atoms with van der Waals surface area (Å²) in [6.45, 7) is 3.67. The molecule has 0 bridgehead atoms. The van der Waals surface area contributed by atoms with Crippen molar-refractivity contribution < 1.29 is 22.7 Å². The fourth-order valence-electron chi connectivity index (χ4n) is 4.96. The highest BCUT2D eigenvalue weighted by molar-refractivity contribution is 7.89. The summed E-state index contributed by atoms with van der Waals surface area (Å²) in [4.78, 5) is 20.8. The van der Waals surface area contributed by atoms with Gasteiger partial charge in [0.25, 0.3) is 0 Å². The molecule has 0 N–H and O–H groups in total. The third-order valence-electron chi connectivity index (χ3n) is 6.93. The maximum Gasteiger partial charge on any atom is 0.243 e. The van der Waals surface area contributed by atoms with E-state index in [2.05, 4.69) is 0 Å². The predicted octanol–water partition coefficient (Wildman–Crippen LogP) is 4.23. The van der Waals surface area contributed by atoms with Gasteiger partial charge in [-0.25, -0.2) is 13.4 Å². The lowest BCUT2D eigenvalue weighted by Gasteiger charge is -2.34. The van der Waals surface area contributed by atoms with Gasteiger partial charge in [-0.1, -0.05) is 35.6 Å². The number of nitrogens with zero attached hydrogens (tertiary/aromatic N) is 3. The number of rotatable bonds is 7. The van der Waals surface area contributed by atoms with Gasteiger partial charge in [-0.05, 0) is 56.4 Å². The number of amides is 1. The molecule has 0 radical (unpaired) electrons. The van der Waals surface area contributed by atoms with Crippen molar-refractivity contribution in [1.29, 1.82) is 0 Å². The van der Waals surface area contributed by atoms with Gasteiger partial charge in [0.05, 0.1) is 35.3 Å². The maximum absolute atomic E-state index is 14.0. The standard InChI is InChI=1S/C26H31N3O5S2/c1-18-12-13-22(33-2)23-24(18)35-26(27-23)29(17-20-9-7-15-34-20)25(30)19-8-6-14-28(16-19)36(31,32)21-10-4-3-5-11-21/h3-5,10-13,19-20H,6-9,14-17H2,1-2H3. The van der Waals surface area contributed by atoms with Crippen molar-refractivity contribution in [3.63, 3.8) is 0 Å². The second-order valence-corrected chi connectivity index (χ2v) is 12.3. The van der Waals surface area contributed by atoms with E-state index in [1.807, 2.05) is 19.1 Å². The van der Waals surface area contributed by atoms with Crippen molar-refractivity contribution in [2.24, 2.45) is 5.92 Å². The molecule has 0 aliphatic carbocycles. The smallest absolute Gasteiger partial charge is 0.243 e. The van der Waals surface area contributed by atoms with Crippen LogP contribution < -0.4 is 9.64 Å². The topological polar surface area (TPSA) is 89.0 Å². The second-order valence-electron chi connectivity index (χ2n) is 9.36. The first-order valence-corrected chi connectivity index (χ1v) is 14.6. The molecule has 2 aliphatic heterocycles. The van der Waals surface area contributed by atoms with E-state index in [0.717, 1.165) is 28.6 Å². The number of benzene rings is 2. The van der Waals surface area contributed by atoms with E-state index in [9.17, 15) is 13.2 Å². The summed E-state index contributed by atoms with van der Waals surface area (Å²) in [6, 6.07) is 12.3. The Balaban J connectivity index is 1.45. The van der Waals surface area contributed by atoms with Crippen LogP contribution in [0.1, 0.15) is 31.2 Å². The van der Waals surface area contributed by atoms with Crippen LogP contribution in [0.15, 0.2) is 47.4 Å². The number of methoxy groups -OCH3 is 1. The molecule has 5 rings (SSSR count). The average molecular weight is 530 g/mol. The lowest BCUT2D eigenvalue weighted by atomic mass is 9.98. The van der Waals surface area contributed by atoms with Crippen LogP contribution in [0.4, 0.5) is 5.13 Å². The molecule has 8 nitrogen and oxygen atoms in total. The van der Waals surface area contributed by atoms with Crippen LogP contribution in [0, 0.1) is 12.8 Å². The number of carbonyl (C=O) groups is 1. The van der Waals surface area contributed by atoms with Crippen LogP contribution in [0.2, 0.25) is 0 Å². The quantitative estimate of drug-likeness (QED) is 0.455. The lowest BCUT2D eigenvalue weighted by Crippen LogP contribution is -2.48. The Hall–Kier alpha value is -2.53. The number of thiazole rings is 1. The second kappa shape index (κ2) is 10.5. The summed E-state index contributed by atoms with van der Waals surface area (Å²) >= 11 is 1.47. The summed E-state index contributed by atoms with van der Waals surface area (Å²) in [5.41, 5.74) is 1.80. The van der Waals surface area contributed by atoms with Crippen molar-refractivity contribution in [3.05, 3.63) is 48.0 Å². The van der Waals surface area contributed by atoms with Crippen LogP contribution >= 0.6 is 11.3 Å². The van der Waals surface area contributed by atoms with Crippen molar-refractivity contribution in [2.75, 3.05) is 38.3 Å². The Kier molecular flexibility index (Phi) is 7.30. The number of sulfonamides is 1. The molecule has 2 aromatic carbocycles. The zero-order chi connectivity index (χ0) is 25.3. The molecule has 3 aromatic rings. The van der Waals surface area contributed by atoms with Crippen LogP contribution in [-0.4, -0.2) is 63.1 Å². The van der Waals surface area contributed by atoms with Gasteiger partial charge in [-0.15, -0.1) is 0 Å². The van der Waals surface area contributed by atoms with E-state index in [4.69, 9.17) is 14.5 Å². The summed E-state index contributed by atoms with van der Waals surface area (Å²) in [7, 11) is -2.05. The first kappa shape index (κ1) is 25.1. The number of carbonyl (C=O) groups excluding carboxylic acids is 1. The minimum Gasteiger partial charge on any atom is -0.494 e. The van der Waals surface area contributed by atoms with E-state index in [1.165, 1.54) is 15.6 Å².